The minimum Gasteiger partial charge on any atom is -0.496 e. The number of carboxylic acids is 1. The van der Waals surface area contributed by atoms with Crippen molar-refractivity contribution < 1.29 is 27.8 Å². The van der Waals surface area contributed by atoms with Crippen molar-refractivity contribution in [1.29, 1.82) is 0 Å². The topological polar surface area (TPSA) is 49.8 Å². The Morgan fingerprint density at radius 3 is 2.43 bits per heavy atom. The molecule has 4 nitrogen and oxygen atoms in total. The molecule has 150 valence electrons. The monoisotopic (exact) mass is 393 g/mol. The largest absolute Gasteiger partial charge is 0.496 e. The van der Waals surface area contributed by atoms with E-state index in [0.29, 0.717) is 30.7 Å². The SMILES string of the molecule is COc1ccccc1C(c1ccccc1C(F)(F)F)N1CCCC(C(=O)O)C1. The molecule has 3 rings (SSSR count). The number of piperidine rings is 1. The first-order valence-corrected chi connectivity index (χ1v) is 9.08. The lowest BCUT2D eigenvalue weighted by Gasteiger charge is -2.38. The highest BCUT2D eigenvalue weighted by Crippen LogP contribution is 2.42. The van der Waals surface area contributed by atoms with Crippen molar-refractivity contribution >= 4 is 5.97 Å². The van der Waals surface area contributed by atoms with Gasteiger partial charge < -0.3 is 9.84 Å². The van der Waals surface area contributed by atoms with Gasteiger partial charge in [-0.3, -0.25) is 9.69 Å². The molecule has 0 amide bonds. The van der Waals surface area contributed by atoms with Crippen molar-refractivity contribution in [3.8, 4) is 5.75 Å². The molecule has 0 aliphatic carbocycles. The molecule has 28 heavy (non-hydrogen) atoms. The van der Waals surface area contributed by atoms with Gasteiger partial charge in [0.25, 0.3) is 0 Å². The summed E-state index contributed by atoms with van der Waals surface area (Å²) in [6.45, 7) is 0.697. The molecular weight excluding hydrogens is 371 g/mol. The van der Waals surface area contributed by atoms with Gasteiger partial charge in [-0.05, 0) is 37.1 Å². The van der Waals surface area contributed by atoms with Crippen molar-refractivity contribution in [2.75, 3.05) is 20.2 Å². The van der Waals surface area contributed by atoms with E-state index in [1.807, 2.05) is 4.90 Å². The fourth-order valence-electron chi connectivity index (χ4n) is 3.89. The van der Waals surface area contributed by atoms with Crippen LogP contribution in [0.15, 0.2) is 48.5 Å². The van der Waals surface area contributed by atoms with Crippen LogP contribution in [0.2, 0.25) is 0 Å². The van der Waals surface area contributed by atoms with Gasteiger partial charge >= 0.3 is 12.1 Å². The van der Waals surface area contributed by atoms with Crippen LogP contribution in [-0.4, -0.2) is 36.2 Å². The van der Waals surface area contributed by atoms with Crippen molar-refractivity contribution in [3.63, 3.8) is 0 Å². The summed E-state index contributed by atoms with van der Waals surface area (Å²) >= 11 is 0. The second kappa shape index (κ2) is 8.22. The molecule has 1 aliphatic heterocycles. The summed E-state index contributed by atoms with van der Waals surface area (Å²) in [5.41, 5.74) is -0.0263. The van der Waals surface area contributed by atoms with Crippen LogP contribution >= 0.6 is 0 Å². The van der Waals surface area contributed by atoms with Crippen LogP contribution in [0, 0.1) is 5.92 Å². The standard InChI is InChI=1S/C21H22F3NO3/c1-28-18-11-5-3-9-16(18)19(25-12-6-7-14(13-25)20(26)27)15-8-2-4-10-17(15)21(22,23)24/h2-5,8-11,14,19H,6-7,12-13H2,1H3,(H,26,27). The summed E-state index contributed by atoms with van der Waals surface area (Å²) in [5, 5.41) is 9.43. The predicted molar refractivity (Wildman–Crippen MR) is 98.2 cm³/mol. The molecular formula is C21H22F3NO3. The lowest BCUT2D eigenvalue weighted by Crippen LogP contribution is -2.41. The zero-order valence-corrected chi connectivity index (χ0v) is 15.4. The highest BCUT2D eigenvalue weighted by molar-refractivity contribution is 5.70. The second-order valence-corrected chi connectivity index (χ2v) is 6.90. The van der Waals surface area contributed by atoms with Gasteiger partial charge in [0.1, 0.15) is 5.75 Å². The normalized spacial score (nSPS) is 19.2. The van der Waals surface area contributed by atoms with Crippen molar-refractivity contribution in [1.82, 2.24) is 4.90 Å². The Balaban J connectivity index is 2.15. The number of likely N-dealkylation sites (tertiary alicyclic amines) is 1. The van der Waals surface area contributed by atoms with Crippen molar-refractivity contribution in [3.05, 3.63) is 65.2 Å². The Morgan fingerprint density at radius 2 is 1.79 bits per heavy atom. The second-order valence-electron chi connectivity index (χ2n) is 6.90. The quantitative estimate of drug-likeness (QED) is 0.807. The number of ether oxygens (including phenoxy) is 1. The van der Waals surface area contributed by atoms with Crippen LogP contribution in [0.4, 0.5) is 13.2 Å². The molecule has 0 radical (unpaired) electrons. The molecule has 2 aromatic rings. The van der Waals surface area contributed by atoms with Crippen LogP contribution in [-0.2, 0) is 11.0 Å². The van der Waals surface area contributed by atoms with E-state index < -0.39 is 29.7 Å². The summed E-state index contributed by atoms with van der Waals surface area (Å²) < 4.78 is 46.6. The molecule has 2 atom stereocenters. The molecule has 1 aliphatic rings. The average Bonchev–Trinajstić information content (AvgIpc) is 2.68. The number of carbonyl (C=O) groups is 1. The summed E-state index contributed by atoms with van der Waals surface area (Å²) in [5.74, 6) is -1.06. The number of hydrogen-bond donors (Lipinski definition) is 1. The number of para-hydroxylation sites is 1. The Kier molecular flexibility index (Phi) is 5.93. The number of nitrogens with zero attached hydrogens (tertiary/aromatic N) is 1. The fraction of sp³-hybridized carbons (Fsp3) is 0.381. The van der Waals surface area contributed by atoms with Gasteiger partial charge in [0, 0.05) is 12.1 Å². The zero-order chi connectivity index (χ0) is 20.3. The van der Waals surface area contributed by atoms with Crippen molar-refractivity contribution in [2.24, 2.45) is 5.92 Å². The molecule has 1 N–H and O–H groups in total. The van der Waals surface area contributed by atoms with E-state index in [1.54, 1.807) is 30.3 Å². The fourth-order valence-corrected chi connectivity index (χ4v) is 3.89. The third-order valence-corrected chi connectivity index (χ3v) is 5.16. The summed E-state index contributed by atoms with van der Waals surface area (Å²) in [7, 11) is 1.47. The third-order valence-electron chi connectivity index (χ3n) is 5.16. The maximum absolute atomic E-state index is 13.7. The number of carboxylic acid groups (broad SMARTS) is 1. The minimum absolute atomic E-state index is 0.102. The predicted octanol–water partition coefficient (Wildman–Crippen LogP) is 4.60. The van der Waals surface area contributed by atoms with Gasteiger partial charge in [-0.25, -0.2) is 0 Å². The van der Waals surface area contributed by atoms with E-state index in [-0.39, 0.29) is 12.1 Å². The highest BCUT2D eigenvalue weighted by atomic mass is 19.4. The van der Waals surface area contributed by atoms with Gasteiger partial charge in [-0.15, -0.1) is 0 Å². The Hall–Kier alpha value is -2.54. The number of alkyl halides is 3. The lowest BCUT2D eigenvalue weighted by atomic mass is 9.88. The van der Waals surface area contributed by atoms with Crippen LogP contribution in [0.1, 0.15) is 35.6 Å². The average molecular weight is 393 g/mol. The van der Waals surface area contributed by atoms with Crippen LogP contribution in [0.3, 0.4) is 0 Å². The number of halogens is 3. The molecule has 0 aromatic heterocycles. The number of hydrogen-bond acceptors (Lipinski definition) is 3. The molecule has 0 saturated carbocycles. The number of rotatable bonds is 5. The van der Waals surface area contributed by atoms with Crippen LogP contribution in [0.5, 0.6) is 5.75 Å². The lowest BCUT2D eigenvalue weighted by molar-refractivity contribution is -0.144. The Labute approximate surface area is 161 Å². The first-order chi connectivity index (χ1) is 13.3. The smallest absolute Gasteiger partial charge is 0.416 e. The van der Waals surface area contributed by atoms with Gasteiger partial charge in [0.05, 0.1) is 24.6 Å². The van der Waals surface area contributed by atoms with E-state index in [4.69, 9.17) is 4.74 Å². The van der Waals surface area contributed by atoms with E-state index in [1.165, 1.54) is 19.2 Å². The summed E-state index contributed by atoms with van der Waals surface area (Å²) in [6, 6.07) is 11.7. The molecule has 1 saturated heterocycles. The molecule has 0 spiro atoms. The van der Waals surface area contributed by atoms with Crippen LogP contribution < -0.4 is 4.74 Å². The number of methoxy groups -OCH3 is 1. The van der Waals surface area contributed by atoms with E-state index >= 15 is 0 Å². The maximum atomic E-state index is 13.7. The maximum Gasteiger partial charge on any atom is 0.416 e. The van der Waals surface area contributed by atoms with E-state index in [0.717, 1.165) is 6.07 Å². The van der Waals surface area contributed by atoms with E-state index in [9.17, 15) is 23.1 Å². The Bertz CT molecular complexity index is 838. The van der Waals surface area contributed by atoms with Gasteiger partial charge in [-0.1, -0.05) is 36.4 Å². The minimum atomic E-state index is -4.52. The molecule has 2 unspecified atom stereocenters. The van der Waals surface area contributed by atoms with Crippen molar-refractivity contribution in [2.45, 2.75) is 25.1 Å². The summed E-state index contributed by atoms with van der Waals surface area (Å²) in [6.07, 6.45) is -3.39. The Morgan fingerprint density at radius 1 is 1.14 bits per heavy atom. The number of benzene rings is 2. The molecule has 1 fully saturated rings. The molecule has 0 bridgehead atoms. The first-order valence-electron chi connectivity index (χ1n) is 9.08. The molecule has 7 heteroatoms. The third kappa shape index (κ3) is 4.14. The molecule has 1 heterocycles. The van der Waals surface area contributed by atoms with Crippen LogP contribution in [0.25, 0.3) is 0 Å². The highest BCUT2D eigenvalue weighted by Gasteiger charge is 2.39. The molecule has 2 aromatic carbocycles. The zero-order valence-electron chi connectivity index (χ0n) is 15.4. The van der Waals surface area contributed by atoms with E-state index in [2.05, 4.69) is 0 Å². The van der Waals surface area contributed by atoms with Gasteiger partial charge in [-0.2, -0.15) is 13.2 Å². The summed E-state index contributed by atoms with van der Waals surface area (Å²) in [4.78, 5) is 13.3. The van der Waals surface area contributed by atoms with Gasteiger partial charge in [0.15, 0.2) is 0 Å². The number of aliphatic carboxylic acids is 1. The van der Waals surface area contributed by atoms with Gasteiger partial charge in [0.2, 0.25) is 0 Å². The first kappa shape index (κ1) is 20.2.